The average Bonchev–Trinajstić information content (AvgIpc) is 2.74. The van der Waals surface area contributed by atoms with Gasteiger partial charge < -0.3 is 10.2 Å². The molecule has 3 rings (SSSR count). The van der Waals surface area contributed by atoms with Crippen molar-refractivity contribution in [3.05, 3.63) is 59.7 Å². The van der Waals surface area contributed by atoms with Crippen LogP contribution in [0.3, 0.4) is 0 Å². The van der Waals surface area contributed by atoms with Crippen molar-refractivity contribution >= 4 is 27.5 Å². The minimum atomic E-state index is -3.77. The molecule has 1 aliphatic rings. The van der Waals surface area contributed by atoms with E-state index < -0.39 is 15.9 Å². The second-order valence-corrected chi connectivity index (χ2v) is 8.52. The third kappa shape index (κ3) is 4.62. The number of nitriles is 1. The zero-order chi connectivity index (χ0) is 21.0. The minimum Gasteiger partial charge on any atom is -0.340 e. The number of amides is 2. The van der Waals surface area contributed by atoms with E-state index in [1.54, 1.807) is 29.2 Å². The van der Waals surface area contributed by atoms with Gasteiger partial charge in [0.25, 0.3) is 5.91 Å². The summed E-state index contributed by atoms with van der Waals surface area (Å²) in [5.41, 5.74) is 1.18. The Hall–Kier alpha value is -3.22. The molecule has 29 heavy (non-hydrogen) atoms. The molecule has 1 aliphatic heterocycles. The molecule has 9 heteroatoms. The molecule has 0 atom stereocenters. The van der Waals surface area contributed by atoms with Gasteiger partial charge in [-0.05, 0) is 42.5 Å². The van der Waals surface area contributed by atoms with Crippen molar-refractivity contribution in [2.45, 2.75) is 11.8 Å². The lowest BCUT2D eigenvalue weighted by atomic mass is 10.2. The third-order valence-electron chi connectivity index (χ3n) is 4.69. The van der Waals surface area contributed by atoms with Gasteiger partial charge in [-0.2, -0.15) is 9.57 Å². The van der Waals surface area contributed by atoms with Crippen molar-refractivity contribution in [3.8, 4) is 6.07 Å². The molecule has 2 aromatic carbocycles. The topological polar surface area (TPSA) is 111 Å². The fourth-order valence-corrected chi connectivity index (χ4v) is 4.49. The largest absolute Gasteiger partial charge is 0.340 e. The van der Waals surface area contributed by atoms with Crippen LogP contribution in [0, 0.1) is 11.3 Å². The lowest BCUT2D eigenvalue weighted by molar-refractivity contribution is -0.129. The third-order valence-corrected chi connectivity index (χ3v) is 6.58. The zero-order valence-electron chi connectivity index (χ0n) is 15.8. The summed E-state index contributed by atoms with van der Waals surface area (Å²) in [7, 11) is -3.77. The van der Waals surface area contributed by atoms with E-state index in [0.29, 0.717) is 24.3 Å². The fourth-order valence-electron chi connectivity index (χ4n) is 3.02. The first kappa shape index (κ1) is 20.5. The standard InChI is InChI=1S/C20H20N4O4S/c1-15(25)23-9-11-24(12-10-23)29(27,28)19-4-2-3-17(13-19)20(26)22-18-7-5-16(14-21)6-8-18/h2-8,13H,9-12H2,1H3,(H,22,26). The number of piperazine rings is 1. The molecule has 8 nitrogen and oxygen atoms in total. The molecule has 2 aromatic rings. The molecule has 0 bridgehead atoms. The van der Waals surface area contributed by atoms with Crippen LogP contribution < -0.4 is 5.32 Å². The lowest BCUT2D eigenvalue weighted by Crippen LogP contribution is -2.49. The van der Waals surface area contributed by atoms with Crippen molar-refractivity contribution in [2.75, 3.05) is 31.5 Å². The van der Waals surface area contributed by atoms with Crippen LogP contribution in [0.15, 0.2) is 53.4 Å². The molecule has 0 aromatic heterocycles. The van der Waals surface area contributed by atoms with Gasteiger partial charge in [0.2, 0.25) is 15.9 Å². The molecule has 0 aliphatic carbocycles. The van der Waals surface area contributed by atoms with Crippen LogP contribution in [0.1, 0.15) is 22.8 Å². The van der Waals surface area contributed by atoms with Crippen LogP contribution in [0.2, 0.25) is 0 Å². The first-order valence-corrected chi connectivity index (χ1v) is 10.4. The van der Waals surface area contributed by atoms with Gasteiger partial charge in [0.05, 0.1) is 16.5 Å². The zero-order valence-corrected chi connectivity index (χ0v) is 16.6. The van der Waals surface area contributed by atoms with Gasteiger partial charge in [-0.25, -0.2) is 8.42 Å². The van der Waals surface area contributed by atoms with E-state index >= 15 is 0 Å². The summed E-state index contributed by atoms with van der Waals surface area (Å²) in [5.74, 6) is -0.531. The van der Waals surface area contributed by atoms with Crippen molar-refractivity contribution in [2.24, 2.45) is 0 Å². The van der Waals surface area contributed by atoms with Crippen LogP contribution in [-0.4, -0.2) is 55.6 Å². The summed E-state index contributed by atoms with van der Waals surface area (Å²) in [6.07, 6.45) is 0. The summed E-state index contributed by atoms with van der Waals surface area (Å²) in [6.45, 7) is 2.56. The Morgan fingerprint density at radius 2 is 1.69 bits per heavy atom. The molecule has 150 valence electrons. The lowest BCUT2D eigenvalue weighted by Gasteiger charge is -2.33. The maximum atomic E-state index is 12.9. The molecule has 0 radical (unpaired) electrons. The second-order valence-electron chi connectivity index (χ2n) is 6.58. The number of hydrogen-bond donors (Lipinski definition) is 1. The van der Waals surface area contributed by atoms with Crippen molar-refractivity contribution in [3.63, 3.8) is 0 Å². The molecule has 0 unspecified atom stereocenters. The van der Waals surface area contributed by atoms with Gasteiger partial charge in [-0.1, -0.05) is 6.07 Å². The van der Waals surface area contributed by atoms with E-state index in [4.69, 9.17) is 5.26 Å². The van der Waals surface area contributed by atoms with Crippen molar-refractivity contribution in [1.82, 2.24) is 9.21 Å². The Balaban J connectivity index is 1.75. The highest BCUT2D eigenvalue weighted by Crippen LogP contribution is 2.20. The van der Waals surface area contributed by atoms with Gasteiger partial charge >= 0.3 is 0 Å². The van der Waals surface area contributed by atoms with Gasteiger partial charge in [-0.3, -0.25) is 9.59 Å². The Morgan fingerprint density at radius 1 is 1.03 bits per heavy atom. The molecule has 1 heterocycles. The summed E-state index contributed by atoms with van der Waals surface area (Å²) in [5, 5.41) is 11.5. The predicted molar refractivity (Wildman–Crippen MR) is 107 cm³/mol. The smallest absolute Gasteiger partial charge is 0.255 e. The molecular weight excluding hydrogens is 392 g/mol. The van der Waals surface area contributed by atoms with E-state index in [9.17, 15) is 18.0 Å². The highest BCUT2D eigenvalue weighted by molar-refractivity contribution is 7.89. The number of hydrogen-bond acceptors (Lipinski definition) is 5. The molecule has 1 N–H and O–H groups in total. The fraction of sp³-hybridized carbons (Fsp3) is 0.250. The van der Waals surface area contributed by atoms with Crippen LogP contribution >= 0.6 is 0 Å². The first-order valence-electron chi connectivity index (χ1n) is 8.98. The van der Waals surface area contributed by atoms with E-state index in [-0.39, 0.29) is 29.5 Å². The highest BCUT2D eigenvalue weighted by atomic mass is 32.2. The minimum absolute atomic E-state index is 0.0289. The summed E-state index contributed by atoms with van der Waals surface area (Å²) >= 11 is 0. The number of anilines is 1. The summed E-state index contributed by atoms with van der Waals surface area (Å²) in [6, 6.07) is 14.2. The maximum absolute atomic E-state index is 12.9. The normalized spacial score (nSPS) is 14.8. The Morgan fingerprint density at radius 3 is 2.28 bits per heavy atom. The maximum Gasteiger partial charge on any atom is 0.255 e. The van der Waals surface area contributed by atoms with Crippen molar-refractivity contribution < 1.29 is 18.0 Å². The summed E-state index contributed by atoms with van der Waals surface area (Å²) < 4.78 is 27.2. The first-order chi connectivity index (χ1) is 13.8. The average molecular weight is 412 g/mol. The van der Waals surface area contributed by atoms with Gasteiger partial charge in [-0.15, -0.1) is 0 Å². The number of nitrogens with one attached hydrogen (secondary N) is 1. The molecule has 2 amide bonds. The van der Waals surface area contributed by atoms with Crippen LogP contribution in [-0.2, 0) is 14.8 Å². The van der Waals surface area contributed by atoms with Crippen molar-refractivity contribution in [1.29, 1.82) is 5.26 Å². The van der Waals surface area contributed by atoms with Crippen LogP contribution in [0.25, 0.3) is 0 Å². The van der Waals surface area contributed by atoms with Gasteiger partial charge in [0.15, 0.2) is 0 Å². The summed E-state index contributed by atoms with van der Waals surface area (Å²) in [4.78, 5) is 25.6. The number of rotatable bonds is 4. The number of sulfonamides is 1. The Labute approximate surface area is 169 Å². The van der Waals surface area contributed by atoms with Gasteiger partial charge in [0.1, 0.15) is 0 Å². The molecular formula is C20H20N4O4S. The molecule has 1 saturated heterocycles. The predicted octanol–water partition coefficient (Wildman–Crippen LogP) is 1.66. The van der Waals surface area contributed by atoms with E-state index in [0.717, 1.165) is 0 Å². The molecule has 0 spiro atoms. The second kappa shape index (κ2) is 8.43. The quantitative estimate of drug-likeness (QED) is 0.821. The van der Waals surface area contributed by atoms with Gasteiger partial charge in [0, 0.05) is 44.4 Å². The Bertz CT molecular complexity index is 1070. The number of carbonyl (C=O) groups excluding carboxylic acids is 2. The Kier molecular flexibility index (Phi) is 5.96. The number of nitrogens with zero attached hydrogens (tertiary/aromatic N) is 3. The molecule has 0 saturated carbocycles. The van der Waals surface area contributed by atoms with Crippen LogP contribution in [0.4, 0.5) is 5.69 Å². The SMILES string of the molecule is CC(=O)N1CCN(S(=O)(=O)c2cccc(C(=O)Nc3ccc(C#N)cc3)c2)CC1. The van der Waals surface area contributed by atoms with E-state index in [1.807, 2.05) is 6.07 Å². The van der Waals surface area contributed by atoms with Crippen LogP contribution in [0.5, 0.6) is 0 Å². The monoisotopic (exact) mass is 412 g/mol. The molecule has 1 fully saturated rings. The number of carbonyl (C=O) groups is 2. The number of benzene rings is 2. The van der Waals surface area contributed by atoms with E-state index in [2.05, 4.69) is 5.32 Å². The highest BCUT2D eigenvalue weighted by Gasteiger charge is 2.29. The van der Waals surface area contributed by atoms with E-state index in [1.165, 1.54) is 35.5 Å².